The molecule has 0 spiro atoms. The summed E-state index contributed by atoms with van der Waals surface area (Å²) in [6, 6.07) is 17.0. The zero-order valence-electron chi connectivity index (χ0n) is 12.3. The predicted octanol–water partition coefficient (Wildman–Crippen LogP) is 4.36. The molecule has 1 heterocycles. The van der Waals surface area contributed by atoms with Gasteiger partial charge < -0.3 is 5.32 Å². The second-order valence-corrected chi connectivity index (χ2v) is 6.28. The van der Waals surface area contributed by atoms with Crippen LogP contribution in [0.2, 0.25) is 0 Å². The predicted molar refractivity (Wildman–Crippen MR) is 85.4 cm³/mol. The summed E-state index contributed by atoms with van der Waals surface area (Å²) in [5, 5.41) is 3.46. The SMILES string of the molecule is CC(C)(C)c1cccc(NC2=NCc3ccccc32)c1. The van der Waals surface area contributed by atoms with Crippen molar-refractivity contribution in [3.63, 3.8) is 0 Å². The lowest BCUT2D eigenvalue weighted by atomic mass is 9.87. The maximum absolute atomic E-state index is 4.60. The van der Waals surface area contributed by atoms with E-state index in [2.05, 4.69) is 79.6 Å². The quantitative estimate of drug-likeness (QED) is 0.813. The Labute approximate surface area is 120 Å². The average molecular weight is 264 g/mol. The second kappa shape index (κ2) is 4.78. The van der Waals surface area contributed by atoms with Crippen molar-refractivity contribution >= 4 is 11.5 Å². The summed E-state index contributed by atoms with van der Waals surface area (Å²) in [4.78, 5) is 4.60. The average Bonchev–Trinajstić information content (AvgIpc) is 2.82. The van der Waals surface area contributed by atoms with Crippen molar-refractivity contribution in [2.45, 2.75) is 32.7 Å². The van der Waals surface area contributed by atoms with Crippen LogP contribution in [0, 0.1) is 0 Å². The minimum absolute atomic E-state index is 0.160. The Hall–Kier alpha value is -2.09. The lowest BCUT2D eigenvalue weighted by Gasteiger charge is -2.20. The van der Waals surface area contributed by atoms with Crippen LogP contribution in [0.1, 0.15) is 37.5 Å². The molecule has 0 fully saturated rings. The highest BCUT2D eigenvalue weighted by Gasteiger charge is 2.17. The van der Waals surface area contributed by atoms with Gasteiger partial charge in [0.05, 0.1) is 6.54 Å². The Morgan fingerprint density at radius 1 is 1.00 bits per heavy atom. The van der Waals surface area contributed by atoms with Gasteiger partial charge in [0, 0.05) is 11.3 Å². The minimum atomic E-state index is 0.160. The smallest absolute Gasteiger partial charge is 0.133 e. The molecule has 2 aromatic rings. The van der Waals surface area contributed by atoms with Gasteiger partial charge in [-0.25, -0.2) is 0 Å². The van der Waals surface area contributed by atoms with Gasteiger partial charge in [-0.1, -0.05) is 57.2 Å². The first-order valence-corrected chi connectivity index (χ1v) is 7.04. The van der Waals surface area contributed by atoms with E-state index in [9.17, 15) is 0 Å². The van der Waals surface area contributed by atoms with Gasteiger partial charge in [-0.3, -0.25) is 4.99 Å². The van der Waals surface area contributed by atoms with E-state index >= 15 is 0 Å². The molecule has 2 nitrogen and oxygen atoms in total. The van der Waals surface area contributed by atoms with Gasteiger partial charge in [0.1, 0.15) is 5.84 Å². The van der Waals surface area contributed by atoms with Crippen LogP contribution >= 0.6 is 0 Å². The molecule has 0 saturated heterocycles. The van der Waals surface area contributed by atoms with E-state index in [4.69, 9.17) is 0 Å². The van der Waals surface area contributed by atoms with Crippen LogP contribution in [-0.4, -0.2) is 5.84 Å². The van der Waals surface area contributed by atoms with Crippen LogP contribution in [0.5, 0.6) is 0 Å². The van der Waals surface area contributed by atoms with Gasteiger partial charge in [-0.05, 0) is 28.7 Å². The highest BCUT2D eigenvalue weighted by molar-refractivity contribution is 6.10. The van der Waals surface area contributed by atoms with Crippen LogP contribution in [0.3, 0.4) is 0 Å². The van der Waals surface area contributed by atoms with E-state index in [1.807, 2.05) is 0 Å². The zero-order valence-corrected chi connectivity index (χ0v) is 12.3. The Morgan fingerprint density at radius 2 is 1.80 bits per heavy atom. The number of anilines is 1. The molecule has 2 aromatic carbocycles. The molecule has 2 heteroatoms. The van der Waals surface area contributed by atoms with Gasteiger partial charge in [0.15, 0.2) is 0 Å². The standard InChI is InChI=1S/C18H20N2/c1-18(2,3)14-8-6-9-15(11-14)20-17-16-10-5-4-7-13(16)12-19-17/h4-11H,12H2,1-3H3,(H,19,20). The summed E-state index contributed by atoms with van der Waals surface area (Å²) in [5.41, 5.74) is 5.10. The molecule has 0 saturated carbocycles. The van der Waals surface area contributed by atoms with Crippen molar-refractivity contribution in [3.05, 3.63) is 65.2 Å². The highest BCUT2D eigenvalue weighted by atomic mass is 15.0. The third-order valence-electron chi connectivity index (χ3n) is 3.67. The number of benzene rings is 2. The number of amidine groups is 1. The van der Waals surface area contributed by atoms with E-state index in [0.717, 1.165) is 18.1 Å². The number of rotatable bonds is 1. The van der Waals surface area contributed by atoms with E-state index in [-0.39, 0.29) is 5.41 Å². The molecule has 0 atom stereocenters. The molecule has 0 aromatic heterocycles. The van der Waals surface area contributed by atoms with Crippen molar-refractivity contribution in [3.8, 4) is 0 Å². The van der Waals surface area contributed by atoms with Crippen molar-refractivity contribution in [1.82, 2.24) is 0 Å². The number of nitrogens with zero attached hydrogens (tertiary/aromatic N) is 1. The summed E-state index contributed by atoms with van der Waals surface area (Å²) < 4.78 is 0. The van der Waals surface area contributed by atoms with E-state index < -0.39 is 0 Å². The third kappa shape index (κ3) is 2.46. The van der Waals surface area contributed by atoms with Crippen LogP contribution < -0.4 is 5.32 Å². The second-order valence-electron chi connectivity index (χ2n) is 6.28. The fraction of sp³-hybridized carbons (Fsp3) is 0.278. The molecule has 1 aliphatic heterocycles. The van der Waals surface area contributed by atoms with Gasteiger partial charge in [0.2, 0.25) is 0 Å². The van der Waals surface area contributed by atoms with Gasteiger partial charge in [0.25, 0.3) is 0 Å². The van der Waals surface area contributed by atoms with Crippen molar-refractivity contribution in [2.75, 3.05) is 5.32 Å². The monoisotopic (exact) mass is 264 g/mol. The maximum Gasteiger partial charge on any atom is 0.133 e. The van der Waals surface area contributed by atoms with E-state index in [1.54, 1.807) is 0 Å². The fourth-order valence-electron chi connectivity index (χ4n) is 2.45. The Bertz CT molecular complexity index is 663. The van der Waals surface area contributed by atoms with Gasteiger partial charge in [-0.2, -0.15) is 0 Å². The van der Waals surface area contributed by atoms with Crippen LogP contribution in [-0.2, 0) is 12.0 Å². The fourth-order valence-corrected chi connectivity index (χ4v) is 2.45. The molecular formula is C18H20N2. The Kier molecular flexibility index (Phi) is 3.09. The first kappa shape index (κ1) is 12.9. The van der Waals surface area contributed by atoms with Gasteiger partial charge >= 0.3 is 0 Å². The molecule has 102 valence electrons. The van der Waals surface area contributed by atoms with E-state index in [1.165, 1.54) is 16.7 Å². The van der Waals surface area contributed by atoms with Crippen LogP contribution in [0.4, 0.5) is 5.69 Å². The lowest BCUT2D eigenvalue weighted by molar-refractivity contribution is 0.590. The molecular weight excluding hydrogens is 244 g/mol. The molecule has 0 bridgehead atoms. The lowest BCUT2D eigenvalue weighted by Crippen LogP contribution is -2.14. The molecule has 0 aliphatic carbocycles. The zero-order chi connectivity index (χ0) is 14.2. The third-order valence-corrected chi connectivity index (χ3v) is 3.67. The number of fused-ring (bicyclic) bond motifs is 1. The summed E-state index contributed by atoms with van der Waals surface area (Å²) in [6.07, 6.45) is 0. The summed E-state index contributed by atoms with van der Waals surface area (Å²) in [6.45, 7) is 7.47. The summed E-state index contributed by atoms with van der Waals surface area (Å²) in [5.74, 6) is 0.978. The van der Waals surface area contributed by atoms with Gasteiger partial charge in [-0.15, -0.1) is 0 Å². The Balaban J connectivity index is 1.87. The van der Waals surface area contributed by atoms with Crippen LogP contribution in [0.25, 0.3) is 0 Å². The summed E-state index contributed by atoms with van der Waals surface area (Å²) in [7, 11) is 0. The first-order chi connectivity index (χ1) is 9.54. The molecule has 3 rings (SSSR count). The molecule has 0 unspecified atom stereocenters. The number of hydrogen-bond donors (Lipinski definition) is 1. The number of hydrogen-bond acceptors (Lipinski definition) is 2. The topological polar surface area (TPSA) is 24.4 Å². The first-order valence-electron chi connectivity index (χ1n) is 7.04. The maximum atomic E-state index is 4.60. The largest absolute Gasteiger partial charge is 0.340 e. The molecule has 1 aliphatic rings. The van der Waals surface area contributed by atoms with Crippen molar-refractivity contribution < 1.29 is 0 Å². The number of aliphatic imine (C=N–C) groups is 1. The summed E-state index contributed by atoms with van der Waals surface area (Å²) >= 11 is 0. The Morgan fingerprint density at radius 3 is 2.60 bits per heavy atom. The number of nitrogens with one attached hydrogen (secondary N) is 1. The molecule has 1 N–H and O–H groups in total. The normalized spacial score (nSPS) is 13.8. The molecule has 0 amide bonds. The van der Waals surface area contributed by atoms with Crippen LogP contribution in [0.15, 0.2) is 53.5 Å². The highest BCUT2D eigenvalue weighted by Crippen LogP contribution is 2.26. The molecule has 0 radical (unpaired) electrons. The molecule has 20 heavy (non-hydrogen) atoms. The van der Waals surface area contributed by atoms with Crippen molar-refractivity contribution in [1.29, 1.82) is 0 Å². The minimum Gasteiger partial charge on any atom is -0.340 e. The van der Waals surface area contributed by atoms with E-state index in [0.29, 0.717) is 0 Å². The van der Waals surface area contributed by atoms with Crippen molar-refractivity contribution in [2.24, 2.45) is 4.99 Å².